The van der Waals surface area contributed by atoms with Crippen LogP contribution in [0.1, 0.15) is 39.8 Å². The van der Waals surface area contributed by atoms with Crippen LogP contribution in [0.3, 0.4) is 0 Å². The lowest BCUT2D eigenvalue weighted by molar-refractivity contribution is -0.136. The molecule has 0 saturated heterocycles. The van der Waals surface area contributed by atoms with Gasteiger partial charge >= 0.3 is 11.9 Å². The molecule has 0 saturated carbocycles. The molecule has 190 valence electrons. The average Bonchev–Trinajstić information content (AvgIpc) is 3.32. The van der Waals surface area contributed by atoms with Gasteiger partial charge in [0.25, 0.3) is 5.91 Å². The number of rotatable bonds is 7. The van der Waals surface area contributed by atoms with Gasteiger partial charge < -0.3 is 18.9 Å². The van der Waals surface area contributed by atoms with Crippen LogP contribution in [0.5, 0.6) is 0 Å². The van der Waals surface area contributed by atoms with Gasteiger partial charge in [-0.3, -0.25) is 4.79 Å². The Morgan fingerprint density at radius 1 is 0.892 bits per heavy atom. The van der Waals surface area contributed by atoms with Gasteiger partial charge in [-0.1, -0.05) is 42.5 Å². The fourth-order valence-electron chi connectivity index (χ4n) is 4.79. The number of benzene rings is 2. The van der Waals surface area contributed by atoms with Gasteiger partial charge in [-0.2, -0.15) is 0 Å². The van der Waals surface area contributed by atoms with Crippen LogP contribution in [0.25, 0.3) is 11.8 Å². The third-order valence-corrected chi connectivity index (χ3v) is 6.69. The number of methoxy groups -OCH3 is 2. The number of hydrogen-bond acceptors (Lipinski definition) is 5. The Balaban J connectivity index is 1.76. The molecule has 0 bridgehead atoms. The van der Waals surface area contributed by atoms with E-state index in [0.29, 0.717) is 35.5 Å². The van der Waals surface area contributed by atoms with E-state index in [1.807, 2.05) is 66.9 Å². The van der Waals surface area contributed by atoms with Crippen molar-refractivity contribution in [1.82, 2.24) is 9.47 Å². The topological polar surface area (TPSA) is 77.8 Å². The highest BCUT2D eigenvalue weighted by Gasteiger charge is 2.37. The van der Waals surface area contributed by atoms with Gasteiger partial charge in [-0.05, 0) is 62.6 Å². The first-order chi connectivity index (χ1) is 17.8. The van der Waals surface area contributed by atoms with Crippen LogP contribution < -0.4 is 0 Å². The predicted molar refractivity (Wildman–Crippen MR) is 141 cm³/mol. The number of esters is 2. The van der Waals surface area contributed by atoms with Crippen molar-refractivity contribution in [3.63, 3.8) is 0 Å². The van der Waals surface area contributed by atoms with Crippen LogP contribution in [0.2, 0.25) is 0 Å². The van der Waals surface area contributed by atoms with Crippen molar-refractivity contribution in [3.8, 4) is 5.69 Å². The first-order valence-corrected chi connectivity index (χ1v) is 12.0. The van der Waals surface area contributed by atoms with Gasteiger partial charge in [0.1, 0.15) is 0 Å². The second-order valence-corrected chi connectivity index (χ2v) is 8.87. The highest BCUT2D eigenvalue weighted by atomic mass is 16.5. The molecule has 0 fully saturated rings. The first kappa shape index (κ1) is 25.7. The molecule has 0 aliphatic carbocycles. The lowest BCUT2D eigenvalue weighted by Crippen LogP contribution is -2.27. The Labute approximate surface area is 216 Å². The van der Waals surface area contributed by atoms with Crippen LogP contribution >= 0.6 is 0 Å². The molecule has 0 spiro atoms. The summed E-state index contributed by atoms with van der Waals surface area (Å²) in [6, 6.07) is 19.0. The molecule has 2 heterocycles. The number of para-hydroxylation sites is 1. The standard InChI is InChI=1S/C30H30N2O5/c1-19-17-23(20(2)32(19)26-14-10-9-13-24(26)29(34)36-4)18-25-27(30(35)37-5)21(3)31(28(25)33)16-15-22-11-7-6-8-12-22/h6-14,17-18H,15-16H2,1-5H3/b25-18-. The highest BCUT2D eigenvalue weighted by molar-refractivity contribution is 6.16. The average molecular weight is 499 g/mol. The van der Waals surface area contributed by atoms with Crippen molar-refractivity contribution in [2.24, 2.45) is 0 Å². The number of amides is 1. The maximum absolute atomic E-state index is 13.6. The quantitative estimate of drug-likeness (QED) is 0.346. The zero-order valence-corrected chi connectivity index (χ0v) is 21.7. The minimum absolute atomic E-state index is 0.242. The third kappa shape index (κ3) is 4.85. The maximum Gasteiger partial charge on any atom is 0.340 e. The Hall–Kier alpha value is -4.39. The number of aromatic nitrogens is 1. The summed E-state index contributed by atoms with van der Waals surface area (Å²) >= 11 is 0. The van der Waals surface area contributed by atoms with Gasteiger partial charge in [0.2, 0.25) is 0 Å². The maximum atomic E-state index is 13.6. The van der Waals surface area contributed by atoms with Crippen molar-refractivity contribution in [2.45, 2.75) is 27.2 Å². The van der Waals surface area contributed by atoms with Crippen molar-refractivity contribution < 1.29 is 23.9 Å². The molecule has 7 heteroatoms. The Bertz CT molecular complexity index is 1430. The summed E-state index contributed by atoms with van der Waals surface area (Å²) in [5.74, 6) is -1.23. The van der Waals surface area contributed by atoms with Crippen LogP contribution in [0.15, 0.2) is 77.5 Å². The predicted octanol–water partition coefficient (Wildman–Crippen LogP) is 4.80. The first-order valence-electron chi connectivity index (χ1n) is 12.0. The minimum Gasteiger partial charge on any atom is -0.465 e. The number of ether oxygens (including phenoxy) is 2. The number of carbonyl (C=O) groups is 3. The summed E-state index contributed by atoms with van der Waals surface area (Å²) in [6.45, 7) is 6.05. The van der Waals surface area contributed by atoms with E-state index in [-0.39, 0.29) is 11.5 Å². The summed E-state index contributed by atoms with van der Waals surface area (Å²) in [6.07, 6.45) is 2.39. The fraction of sp³-hybridized carbons (Fsp3) is 0.233. The molecule has 4 rings (SSSR count). The summed E-state index contributed by atoms with van der Waals surface area (Å²) < 4.78 is 12.0. The number of allylic oxidation sites excluding steroid dienone is 1. The van der Waals surface area contributed by atoms with E-state index in [9.17, 15) is 14.4 Å². The Morgan fingerprint density at radius 3 is 2.22 bits per heavy atom. The molecule has 1 amide bonds. The van der Waals surface area contributed by atoms with E-state index in [1.54, 1.807) is 30.0 Å². The van der Waals surface area contributed by atoms with Crippen molar-refractivity contribution >= 4 is 23.9 Å². The molecule has 0 unspecified atom stereocenters. The van der Waals surface area contributed by atoms with E-state index < -0.39 is 11.9 Å². The van der Waals surface area contributed by atoms with Crippen molar-refractivity contribution in [3.05, 3.63) is 106 Å². The molecule has 0 atom stereocenters. The van der Waals surface area contributed by atoms with E-state index >= 15 is 0 Å². The third-order valence-electron chi connectivity index (χ3n) is 6.69. The van der Waals surface area contributed by atoms with Gasteiger partial charge in [-0.25, -0.2) is 9.59 Å². The fourth-order valence-corrected chi connectivity index (χ4v) is 4.79. The Kier molecular flexibility index (Phi) is 7.43. The largest absolute Gasteiger partial charge is 0.465 e. The highest BCUT2D eigenvalue weighted by Crippen LogP contribution is 2.33. The molecule has 37 heavy (non-hydrogen) atoms. The van der Waals surface area contributed by atoms with Crippen LogP contribution in [-0.2, 0) is 25.5 Å². The molecular weight excluding hydrogens is 468 g/mol. The number of hydrogen-bond donors (Lipinski definition) is 0. The molecule has 1 aromatic heterocycles. The molecule has 0 radical (unpaired) electrons. The number of aryl methyl sites for hydroxylation is 1. The van der Waals surface area contributed by atoms with Crippen molar-refractivity contribution in [2.75, 3.05) is 20.8 Å². The zero-order chi connectivity index (χ0) is 26.7. The van der Waals surface area contributed by atoms with Gasteiger partial charge in [0.05, 0.1) is 36.6 Å². The zero-order valence-electron chi connectivity index (χ0n) is 21.7. The summed E-state index contributed by atoms with van der Waals surface area (Å²) in [4.78, 5) is 40.4. The molecule has 1 aliphatic rings. The van der Waals surface area contributed by atoms with Crippen molar-refractivity contribution in [1.29, 1.82) is 0 Å². The number of nitrogens with zero attached hydrogens (tertiary/aromatic N) is 2. The van der Waals surface area contributed by atoms with E-state index in [1.165, 1.54) is 14.2 Å². The lowest BCUT2D eigenvalue weighted by atomic mass is 10.0. The van der Waals surface area contributed by atoms with Gasteiger partial charge in [0.15, 0.2) is 0 Å². The number of carbonyl (C=O) groups excluding carboxylic acids is 3. The molecule has 0 N–H and O–H groups in total. The lowest BCUT2D eigenvalue weighted by Gasteiger charge is -2.17. The molecule has 1 aliphatic heterocycles. The second kappa shape index (κ2) is 10.7. The van der Waals surface area contributed by atoms with Gasteiger partial charge in [0, 0.05) is 23.6 Å². The van der Waals surface area contributed by atoms with Gasteiger partial charge in [-0.15, -0.1) is 0 Å². The van der Waals surface area contributed by atoms with E-state index in [4.69, 9.17) is 9.47 Å². The van der Waals surface area contributed by atoms with Crippen LogP contribution in [-0.4, -0.2) is 48.1 Å². The molecule has 3 aromatic rings. The molecule has 2 aromatic carbocycles. The minimum atomic E-state index is -0.552. The second-order valence-electron chi connectivity index (χ2n) is 8.87. The monoisotopic (exact) mass is 498 g/mol. The molecule has 7 nitrogen and oxygen atoms in total. The Morgan fingerprint density at radius 2 is 1.54 bits per heavy atom. The summed E-state index contributed by atoms with van der Waals surface area (Å²) in [5.41, 5.74) is 5.79. The normalized spacial score (nSPS) is 14.5. The SMILES string of the molecule is COC(=O)C1=C(C)N(CCc2ccccc2)C(=O)/C1=C\c1cc(C)n(-c2ccccc2C(=O)OC)c1C. The summed E-state index contributed by atoms with van der Waals surface area (Å²) in [5, 5.41) is 0. The van der Waals surface area contributed by atoms with E-state index in [2.05, 4.69) is 0 Å². The van der Waals surface area contributed by atoms with E-state index in [0.717, 1.165) is 22.5 Å². The van der Waals surface area contributed by atoms with Crippen LogP contribution in [0, 0.1) is 13.8 Å². The smallest absolute Gasteiger partial charge is 0.340 e. The molecular formula is C30H30N2O5. The van der Waals surface area contributed by atoms with Crippen LogP contribution in [0.4, 0.5) is 0 Å². The summed E-state index contributed by atoms with van der Waals surface area (Å²) in [7, 11) is 2.66.